The van der Waals surface area contributed by atoms with Crippen LogP contribution in [0.25, 0.3) is 0 Å². The summed E-state index contributed by atoms with van der Waals surface area (Å²) in [6.45, 7) is 2.87. The van der Waals surface area contributed by atoms with Crippen molar-refractivity contribution in [1.29, 1.82) is 0 Å². The lowest BCUT2D eigenvalue weighted by Crippen LogP contribution is -2.37. The molecule has 3 rings (SSSR count). The van der Waals surface area contributed by atoms with Crippen LogP contribution in [-0.4, -0.2) is 43.4 Å². The van der Waals surface area contributed by atoms with Gasteiger partial charge in [0.1, 0.15) is 5.82 Å². The number of ether oxygens (including phenoxy) is 2. The van der Waals surface area contributed by atoms with Crippen LogP contribution >= 0.6 is 0 Å². The highest BCUT2D eigenvalue weighted by atomic mass is 19.1. The van der Waals surface area contributed by atoms with E-state index in [4.69, 9.17) is 9.47 Å². The summed E-state index contributed by atoms with van der Waals surface area (Å²) in [5.74, 6) is 0.305. The monoisotopic (exact) mass is 321 g/mol. The van der Waals surface area contributed by atoms with Crippen molar-refractivity contribution in [2.24, 2.45) is 0 Å². The molecule has 4 nitrogen and oxygen atoms in total. The second-order valence-electron chi connectivity index (χ2n) is 6.29. The SMILES string of the molecule is O=C(CC1OCCCO1)N1CCC[C@@H](c2ccc(F)cc2)CC1. The normalized spacial score (nSPS) is 23.5. The lowest BCUT2D eigenvalue weighted by molar-refractivity contribution is -0.187. The highest BCUT2D eigenvalue weighted by Gasteiger charge is 2.25. The first-order chi connectivity index (χ1) is 11.2. The van der Waals surface area contributed by atoms with Gasteiger partial charge in [-0.3, -0.25) is 4.79 Å². The highest BCUT2D eigenvalue weighted by molar-refractivity contribution is 5.76. The van der Waals surface area contributed by atoms with E-state index in [9.17, 15) is 9.18 Å². The molecule has 126 valence electrons. The molecule has 2 aliphatic rings. The van der Waals surface area contributed by atoms with Gasteiger partial charge < -0.3 is 14.4 Å². The minimum atomic E-state index is -0.382. The van der Waals surface area contributed by atoms with E-state index < -0.39 is 0 Å². The van der Waals surface area contributed by atoms with Gasteiger partial charge in [-0.2, -0.15) is 0 Å². The van der Waals surface area contributed by atoms with Crippen molar-refractivity contribution in [2.75, 3.05) is 26.3 Å². The van der Waals surface area contributed by atoms with Crippen LogP contribution in [0.15, 0.2) is 24.3 Å². The molecular formula is C18H24FNO3. The van der Waals surface area contributed by atoms with Crippen molar-refractivity contribution in [3.63, 3.8) is 0 Å². The van der Waals surface area contributed by atoms with Gasteiger partial charge in [-0.25, -0.2) is 4.39 Å². The molecule has 0 bridgehead atoms. The van der Waals surface area contributed by atoms with Crippen molar-refractivity contribution in [3.8, 4) is 0 Å². The van der Waals surface area contributed by atoms with Crippen LogP contribution < -0.4 is 0 Å². The average Bonchev–Trinajstić information content (AvgIpc) is 2.83. The zero-order valence-corrected chi connectivity index (χ0v) is 13.4. The summed E-state index contributed by atoms with van der Waals surface area (Å²) in [7, 11) is 0. The Bertz CT molecular complexity index is 514. The summed E-state index contributed by atoms with van der Waals surface area (Å²) in [5.41, 5.74) is 1.17. The fourth-order valence-corrected chi connectivity index (χ4v) is 3.34. The molecule has 0 N–H and O–H groups in total. The van der Waals surface area contributed by atoms with Crippen LogP contribution in [0.2, 0.25) is 0 Å². The van der Waals surface area contributed by atoms with E-state index in [-0.39, 0.29) is 18.0 Å². The number of nitrogens with zero attached hydrogens (tertiary/aromatic N) is 1. The number of likely N-dealkylation sites (tertiary alicyclic amines) is 1. The third-order valence-electron chi connectivity index (χ3n) is 4.66. The number of amides is 1. The molecule has 1 amide bonds. The molecule has 0 saturated carbocycles. The lowest BCUT2D eigenvalue weighted by atomic mass is 9.92. The smallest absolute Gasteiger partial charge is 0.227 e. The minimum absolute atomic E-state index is 0.108. The lowest BCUT2D eigenvalue weighted by Gasteiger charge is -2.26. The molecule has 1 atom stereocenters. The Morgan fingerprint density at radius 1 is 1.09 bits per heavy atom. The van der Waals surface area contributed by atoms with Gasteiger partial charge in [0.25, 0.3) is 0 Å². The maximum atomic E-state index is 13.0. The van der Waals surface area contributed by atoms with Crippen LogP contribution in [0.1, 0.15) is 43.6 Å². The largest absolute Gasteiger partial charge is 0.352 e. The van der Waals surface area contributed by atoms with Crippen molar-refractivity contribution in [3.05, 3.63) is 35.6 Å². The Balaban J connectivity index is 1.53. The maximum absolute atomic E-state index is 13.0. The summed E-state index contributed by atoms with van der Waals surface area (Å²) in [6.07, 6.45) is 3.75. The van der Waals surface area contributed by atoms with Gasteiger partial charge in [-0.05, 0) is 49.3 Å². The van der Waals surface area contributed by atoms with Gasteiger partial charge in [0.05, 0.1) is 19.6 Å². The molecule has 2 saturated heterocycles. The average molecular weight is 321 g/mol. The first kappa shape index (κ1) is 16.4. The minimum Gasteiger partial charge on any atom is -0.352 e. The van der Waals surface area contributed by atoms with Crippen LogP contribution in [0.4, 0.5) is 4.39 Å². The van der Waals surface area contributed by atoms with Gasteiger partial charge in [0, 0.05) is 13.1 Å². The summed E-state index contributed by atoms with van der Waals surface area (Å²) in [5, 5.41) is 0. The summed E-state index contributed by atoms with van der Waals surface area (Å²) >= 11 is 0. The Morgan fingerprint density at radius 2 is 1.83 bits per heavy atom. The molecule has 1 aromatic carbocycles. The van der Waals surface area contributed by atoms with Gasteiger partial charge in [-0.15, -0.1) is 0 Å². The van der Waals surface area contributed by atoms with E-state index in [0.29, 0.717) is 25.6 Å². The third-order valence-corrected chi connectivity index (χ3v) is 4.66. The Labute approximate surface area is 136 Å². The molecule has 0 radical (unpaired) electrons. The molecule has 1 aromatic rings. The van der Waals surface area contributed by atoms with E-state index in [0.717, 1.165) is 38.8 Å². The number of hydrogen-bond donors (Lipinski definition) is 0. The maximum Gasteiger partial charge on any atom is 0.227 e. The molecule has 5 heteroatoms. The van der Waals surface area contributed by atoms with E-state index >= 15 is 0 Å². The molecule has 2 aliphatic heterocycles. The fraction of sp³-hybridized carbons (Fsp3) is 0.611. The summed E-state index contributed by atoms with van der Waals surface area (Å²) in [4.78, 5) is 14.3. The quantitative estimate of drug-likeness (QED) is 0.859. The standard InChI is InChI=1S/C18H24FNO3/c19-16-6-4-15(5-7-16)14-3-1-9-20(10-8-14)17(21)13-18-22-11-2-12-23-18/h4-7,14,18H,1-3,8-13H2/t14-/m1/s1. The van der Waals surface area contributed by atoms with E-state index in [1.54, 1.807) is 0 Å². The zero-order valence-electron chi connectivity index (χ0n) is 13.4. The van der Waals surface area contributed by atoms with Crippen LogP contribution in [-0.2, 0) is 14.3 Å². The van der Waals surface area contributed by atoms with E-state index in [1.165, 1.54) is 17.7 Å². The molecule has 0 aromatic heterocycles. The third kappa shape index (κ3) is 4.52. The van der Waals surface area contributed by atoms with Gasteiger partial charge in [0.15, 0.2) is 6.29 Å². The molecule has 0 unspecified atom stereocenters. The second-order valence-corrected chi connectivity index (χ2v) is 6.29. The number of hydrogen-bond acceptors (Lipinski definition) is 3. The van der Waals surface area contributed by atoms with Crippen molar-refractivity contribution < 1.29 is 18.7 Å². The molecule has 0 spiro atoms. The zero-order chi connectivity index (χ0) is 16.1. The van der Waals surface area contributed by atoms with Gasteiger partial charge in [-0.1, -0.05) is 12.1 Å². The van der Waals surface area contributed by atoms with Crippen LogP contribution in [0.3, 0.4) is 0 Å². The van der Waals surface area contributed by atoms with E-state index in [2.05, 4.69) is 0 Å². The van der Waals surface area contributed by atoms with Crippen LogP contribution in [0.5, 0.6) is 0 Å². The summed E-state index contributed by atoms with van der Waals surface area (Å²) in [6, 6.07) is 6.75. The number of halogens is 1. The van der Waals surface area contributed by atoms with Gasteiger partial charge >= 0.3 is 0 Å². The molecule has 23 heavy (non-hydrogen) atoms. The van der Waals surface area contributed by atoms with Crippen molar-refractivity contribution >= 4 is 5.91 Å². The number of rotatable bonds is 3. The highest BCUT2D eigenvalue weighted by Crippen LogP contribution is 2.28. The first-order valence-electron chi connectivity index (χ1n) is 8.49. The van der Waals surface area contributed by atoms with E-state index in [1.807, 2.05) is 17.0 Å². The first-order valence-corrected chi connectivity index (χ1v) is 8.49. The number of carbonyl (C=O) groups excluding carboxylic acids is 1. The Morgan fingerprint density at radius 3 is 2.57 bits per heavy atom. The predicted molar refractivity (Wildman–Crippen MR) is 84.5 cm³/mol. The predicted octanol–water partition coefficient (Wildman–Crippen LogP) is 3.07. The topological polar surface area (TPSA) is 38.8 Å². The molecular weight excluding hydrogens is 297 g/mol. The summed E-state index contributed by atoms with van der Waals surface area (Å²) < 4.78 is 24.0. The molecule has 0 aliphatic carbocycles. The molecule has 2 fully saturated rings. The fourth-order valence-electron chi connectivity index (χ4n) is 3.34. The molecule has 2 heterocycles. The van der Waals surface area contributed by atoms with Gasteiger partial charge in [0.2, 0.25) is 5.91 Å². The van der Waals surface area contributed by atoms with Crippen molar-refractivity contribution in [2.45, 2.75) is 44.3 Å². The number of carbonyl (C=O) groups is 1. The Kier molecular flexibility index (Phi) is 5.62. The Hall–Kier alpha value is -1.46. The number of benzene rings is 1. The van der Waals surface area contributed by atoms with Crippen molar-refractivity contribution in [1.82, 2.24) is 4.90 Å². The second kappa shape index (κ2) is 7.88. The van der Waals surface area contributed by atoms with Crippen LogP contribution in [0, 0.1) is 5.82 Å².